The quantitative estimate of drug-likeness (QED) is 0.805. The van der Waals surface area contributed by atoms with E-state index in [2.05, 4.69) is 43.0 Å². The fraction of sp³-hybridized carbons (Fsp3) is 0.733. The van der Waals surface area contributed by atoms with E-state index in [0.29, 0.717) is 11.5 Å². The van der Waals surface area contributed by atoms with Gasteiger partial charge in [-0.15, -0.1) is 0 Å². The molecular formula is C15H25NS. The Morgan fingerprint density at radius 2 is 2.06 bits per heavy atom. The molecule has 0 amide bonds. The zero-order chi connectivity index (χ0) is 12.3. The van der Waals surface area contributed by atoms with Gasteiger partial charge in [0.05, 0.1) is 0 Å². The summed E-state index contributed by atoms with van der Waals surface area (Å²) in [5, 5.41) is 8.13. The Morgan fingerprint density at radius 1 is 1.35 bits per heavy atom. The van der Waals surface area contributed by atoms with Crippen LogP contribution in [0.4, 0.5) is 0 Å². The van der Waals surface area contributed by atoms with Gasteiger partial charge in [0, 0.05) is 6.04 Å². The summed E-state index contributed by atoms with van der Waals surface area (Å²) in [5.74, 6) is 0.794. The third-order valence-corrected chi connectivity index (χ3v) is 4.89. The van der Waals surface area contributed by atoms with Crippen molar-refractivity contribution in [2.75, 3.05) is 7.05 Å². The number of hydrogen-bond donors (Lipinski definition) is 1. The number of rotatable bonds is 5. The monoisotopic (exact) mass is 251 g/mol. The van der Waals surface area contributed by atoms with Gasteiger partial charge in [-0.25, -0.2) is 0 Å². The molecule has 1 N–H and O–H groups in total. The maximum atomic E-state index is 3.60. The zero-order valence-corrected chi connectivity index (χ0v) is 12.1. The van der Waals surface area contributed by atoms with Gasteiger partial charge in [-0.2, -0.15) is 11.3 Å². The highest BCUT2D eigenvalue weighted by Gasteiger charge is 2.41. The summed E-state index contributed by atoms with van der Waals surface area (Å²) in [4.78, 5) is 0. The van der Waals surface area contributed by atoms with Crippen LogP contribution >= 0.6 is 11.3 Å². The Kier molecular flexibility index (Phi) is 4.26. The summed E-state index contributed by atoms with van der Waals surface area (Å²) in [6.45, 7) is 4.72. The van der Waals surface area contributed by atoms with Gasteiger partial charge in [-0.05, 0) is 60.0 Å². The van der Waals surface area contributed by atoms with Gasteiger partial charge >= 0.3 is 0 Å². The molecule has 0 radical (unpaired) electrons. The lowest BCUT2D eigenvalue weighted by Crippen LogP contribution is -2.35. The highest BCUT2D eigenvalue weighted by Crippen LogP contribution is 2.51. The molecular weight excluding hydrogens is 226 g/mol. The lowest BCUT2D eigenvalue weighted by molar-refractivity contribution is 0.162. The predicted octanol–water partition coefficient (Wildman–Crippen LogP) is 4.62. The molecule has 1 atom stereocenters. The van der Waals surface area contributed by atoms with Crippen LogP contribution < -0.4 is 5.32 Å². The molecule has 1 aliphatic carbocycles. The molecule has 0 bridgehead atoms. The first kappa shape index (κ1) is 13.1. The second-order valence-corrected chi connectivity index (χ2v) is 6.73. The van der Waals surface area contributed by atoms with Crippen LogP contribution in [-0.4, -0.2) is 7.05 Å². The van der Waals surface area contributed by atoms with E-state index in [1.807, 2.05) is 11.3 Å². The minimum Gasteiger partial charge on any atom is -0.313 e. The molecule has 2 rings (SSSR count). The van der Waals surface area contributed by atoms with Crippen LogP contribution in [0.3, 0.4) is 0 Å². The fourth-order valence-electron chi connectivity index (χ4n) is 3.77. The van der Waals surface area contributed by atoms with Gasteiger partial charge in [0.2, 0.25) is 0 Å². The van der Waals surface area contributed by atoms with Crippen LogP contribution in [0.5, 0.6) is 0 Å². The number of hydrogen-bond acceptors (Lipinski definition) is 2. The van der Waals surface area contributed by atoms with Gasteiger partial charge < -0.3 is 5.32 Å². The van der Waals surface area contributed by atoms with Gasteiger partial charge in [0.1, 0.15) is 0 Å². The molecule has 1 aromatic heterocycles. The predicted molar refractivity (Wildman–Crippen MR) is 76.5 cm³/mol. The number of thiophene rings is 1. The van der Waals surface area contributed by atoms with Crippen molar-refractivity contribution < 1.29 is 0 Å². The average Bonchev–Trinajstić information content (AvgIpc) is 2.90. The Morgan fingerprint density at radius 3 is 2.53 bits per heavy atom. The first-order chi connectivity index (χ1) is 8.18. The topological polar surface area (TPSA) is 12.0 Å². The van der Waals surface area contributed by atoms with Gasteiger partial charge in [-0.1, -0.05) is 26.7 Å². The normalized spacial score (nSPS) is 20.9. The molecule has 96 valence electrons. The molecule has 1 saturated carbocycles. The smallest absolute Gasteiger partial charge is 0.0383 e. The van der Waals surface area contributed by atoms with E-state index >= 15 is 0 Å². The summed E-state index contributed by atoms with van der Waals surface area (Å²) in [5.41, 5.74) is 2.00. The van der Waals surface area contributed by atoms with E-state index in [1.165, 1.54) is 37.7 Å². The molecule has 17 heavy (non-hydrogen) atoms. The first-order valence-corrected chi connectivity index (χ1v) is 7.81. The van der Waals surface area contributed by atoms with Crippen molar-refractivity contribution in [3.8, 4) is 0 Å². The molecule has 1 aliphatic rings. The van der Waals surface area contributed by atoms with Crippen molar-refractivity contribution in [1.82, 2.24) is 5.32 Å². The van der Waals surface area contributed by atoms with E-state index in [-0.39, 0.29) is 0 Å². The van der Waals surface area contributed by atoms with Gasteiger partial charge in [0.25, 0.3) is 0 Å². The average molecular weight is 251 g/mol. The molecule has 1 heterocycles. The van der Waals surface area contributed by atoms with E-state index in [1.54, 1.807) is 0 Å². The second-order valence-electron chi connectivity index (χ2n) is 5.95. The lowest BCUT2D eigenvalue weighted by atomic mass is 9.71. The standard InChI is InChI=1S/C15H25NS/c1-12(2)10-15(7-4-5-8-15)14(16-3)13-6-9-17-11-13/h6,9,11-12,14,16H,4-5,7-8,10H2,1-3H3. The SMILES string of the molecule is CNC(c1ccsc1)C1(CC(C)C)CCCC1. The highest BCUT2D eigenvalue weighted by molar-refractivity contribution is 7.07. The van der Waals surface area contributed by atoms with Crippen molar-refractivity contribution in [1.29, 1.82) is 0 Å². The lowest BCUT2D eigenvalue weighted by Gasteiger charge is -2.39. The summed E-state index contributed by atoms with van der Waals surface area (Å²) in [6.07, 6.45) is 6.97. The molecule has 0 spiro atoms. The van der Waals surface area contributed by atoms with Crippen LogP contribution in [0.1, 0.15) is 57.6 Å². The Balaban J connectivity index is 2.24. The van der Waals surface area contributed by atoms with Crippen molar-refractivity contribution in [2.45, 2.75) is 52.0 Å². The molecule has 0 saturated heterocycles. The molecule has 0 aromatic carbocycles. The van der Waals surface area contributed by atoms with Crippen LogP contribution in [0, 0.1) is 11.3 Å². The minimum atomic E-state index is 0.504. The Labute approximate surface area is 110 Å². The largest absolute Gasteiger partial charge is 0.313 e. The molecule has 1 nitrogen and oxygen atoms in total. The van der Waals surface area contributed by atoms with Crippen molar-refractivity contribution >= 4 is 11.3 Å². The van der Waals surface area contributed by atoms with Gasteiger partial charge in [0.15, 0.2) is 0 Å². The Bertz CT molecular complexity index is 323. The highest BCUT2D eigenvalue weighted by atomic mass is 32.1. The third kappa shape index (κ3) is 2.74. The van der Waals surface area contributed by atoms with E-state index in [9.17, 15) is 0 Å². The van der Waals surface area contributed by atoms with Crippen molar-refractivity contribution in [3.63, 3.8) is 0 Å². The summed E-state index contributed by atoms with van der Waals surface area (Å²) in [6, 6.07) is 2.85. The van der Waals surface area contributed by atoms with Crippen LogP contribution in [0.2, 0.25) is 0 Å². The number of nitrogens with one attached hydrogen (secondary N) is 1. The zero-order valence-electron chi connectivity index (χ0n) is 11.3. The Hall–Kier alpha value is -0.340. The van der Waals surface area contributed by atoms with Crippen LogP contribution in [0.25, 0.3) is 0 Å². The maximum Gasteiger partial charge on any atom is 0.0383 e. The first-order valence-electron chi connectivity index (χ1n) is 6.87. The van der Waals surface area contributed by atoms with E-state index < -0.39 is 0 Å². The van der Waals surface area contributed by atoms with Crippen molar-refractivity contribution in [2.24, 2.45) is 11.3 Å². The third-order valence-electron chi connectivity index (χ3n) is 4.19. The molecule has 2 heteroatoms. The molecule has 1 unspecified atom stereocenters. The minimum absolute atomic E-state index is 0.504. The van der Waals surface area contributed by atoms with Crippen LogP contribution in [-0.2, 0) is 0 Å². The van der Waals surface area contributed by atoms with E-state index in [0.717, 1.165) is 5.92 Å². The summed E-state index contributed by atoms with van der Waals surface area (Å²) < 4.78 is 0. The summed E-state index contributed by atoms with van der Waals surface area (Å²) in [7, 11) is 2.13. The van der Waals surface area contributed by atoms with E-state index in [4.69, 9.17) is 0 Å². The maximum absolute atomic E-state index is 3.60. The van der Waals surface area contributed by atoms with Crippen molar-refractivity contribution in [3.05, 3.63) is 22.4 Å². The second kappa shape index (κ2) is 5.53. The molecule has 0 aliphatic heterocycles. The summed E-state index contributed by atoms with van der Waals surface area (Å²) >= 11 is 1.82. The van der Waals surface area contributed by atoms with Crippen LogP contribution in [0.15, 0.2) is 16.8 Å². The van der Waals surface area contributed by atoms with Gasteiger partial charge in [-0.3, -0.25) is 0 Å². The fourth-order valence-corrected chi connectivity index (χ4v) is 4.45. The molecule has 1 aromatic rings. The molecule has 1 fully saturated rings.